The van der Waals surface area contributed by atoms with Gasteiger partial charge in [0.25, 0.3) is 0 Å². The number of likely N-dealkylation sites (tertiary alicyclic amines) is 1. The zero-order chi connectivity index (χ0) is 25.7. The van der Waals surface area contributed by atoms with Crippen LogP contribution >= 0.6 is 0 Å². The zero-order valence-corrected chi connectivity index (χ0v) is 22.6. The van der Waals surface area contributed by atoms with Crippen LogP contribution in [-0.4, -0.2) is 64.3 Å². The molecule has 2 spiro atoms. The molecule has 2 amide bonds. The molecule has 2 unspecified atom stereocenters. The highest BCUT2D eigenvalue weighted by molar-refractivity contribution is 5.72. The van der Waals surface area contributed by atoms with Crippen LogP contribution in [0.4, 0.5) is 9.59 Å². The van der Waals surface area contributed by atoms with Crippen molar-refractivity contribution in [3.05, 3.63) is 35.9 Å². The van der Waals surface area contributed by atoms with Crippen LogP contribution in [0.5, 0.6) is 0 Å². The van der Waals surface area contributed by atoms with Gasteiger partial charge in [0.05, 0.1) is 5.54 Å². The van der Waals surface area contributed by atoms with Crippen LogP contribution in [0.1, 0.15) is 78.7 Å². The third kappa shape index (κ3) is 5.22. The Hall–Kier alpha value is -2.28. The lowest BCUT2D eigenvalue weighted by Crippen LogP contribution is -2.54. The normalized spacial score (nSPS) is 31.0. The van der Waals surface area contributed by atoms with E-state index in [9.17, 15) is 9.59 Å². The molecular formula is C29H43N3O4. The largest absolute Gasteiger partial charge is 0.445 e. The Morgan fingerprint density at radius 3 is 2.50 bits per heavy atom. The first-order valence-electron chi connectivity index (χ1n) is 13.8. The number of amides is 2. The minimum Gasteiger partial charge on any atom is -0.445 e. The van der Waals surface area contributed by atoms with E-state index in [2.05, 4.69) is 10.2 Å². The minimum absolute atomic E-state index is 0.0277. The summed E-state index contributed by atoms with van der Waals surface area (Å²) in [6.07, 6.45) is 6.03. The van der Waals surface area contributed by atoms with Gasteiger partial charge in [-0.1, -0.05) is 30.3 Å². The third-order valence-electron chi connectivity index (χ3n) is 8.56. The van der Waals surface area contributed by atoms with Gasteiger partial charge in [0.15, 0.2) is 0 Å². The molecule has 4 atom stereocenters. The number of ether oxygens (including phenoxy) is 2. The maximum Gasteiger partial charge on any atom is 0.410 e. The molecule has 5 rings (SSSR count). The second kappa shape index (κ2) is 9.23. The fourth-order valence-electron chi connectivity index (χ4n) is 6.23. The first-order valence-corrected chi connectivity index (χ1v) is 13.8. The first-order chi connectivity index (χ1) is 17.0. The van der Waals surface area contributed by atoms with Gasteiger partial charge in [-0.05, 0) is 84.6 Å². The molecule has 4 aliphatic rings. The number of nitrogens with one attached hydrogen (secondary N) is 1. The number of benzene rings is 1. The molecule has 3 saturated carbocycles. The van der Waals surface area contributed by atoms with E-state index < -0.39 is 5.60 Å². The number of piperidine rings is 1. The van der Waals surface area contributed by atoms with Crippen molar-refractivity contribution >= 4 is 12.2 Å². The number of nitrogens with zero attached hydrogens (tertiary/aromatic N) is 2. The minimum atomic E-state index is -0.534. The number of carbonyl (C=O) groups is 2. The molecule has 1 aromatic carbocycles. The lowest BCUT2D eigenvalue weighted by atomic mass is 9.86. The van der Waals surface area contributed by atoms with Crippen molar-refractivity contribution in [3.63, 3.8) is 0 Å². The number of hydrogen-bond donors (Lipinski definition) is 1. The van der Waals surface area contributed by atoms with Crippen molar-refractivity contribution in [2.75, 3.05) is 13.1 Å². The van der Waals surface area contributed by atoms with Crippen molar-refractivity contribution < 1.29 is 19.1 Å². The van der Waals surface area contributed by atoms with E-state index in [1.807, 2.05) is 69.9 Å². The van der Waals surface area contributed by atoms with Crippen LogP contribution in [0.3, 0.4) is 0 Å². The van der Waals surface area contributed by atoms with E-state index in [4.69, 9.17) is 9.47 Å². The predicted molar refractivity (Wildman–Crippen MR) is 138 cm³/mol. The van der Waals surface area contributed by atoms with Gasteiger partial charge in [0.1, 0.15) is 12.2 Å². The highest BCUT2D eigenvalue weighted by atomic mass is 16.6. The van der Waals surface area contributed by atoms with Crippen molar-refractivity contribution in [1.82, 2.24) is 15.1 Å². The average molecular weight is 498 g/mol. The Morgan fingerprint density at radius 1 is 1.14 bits per heavy atom. The Balaban J connectivity index is 1.28. The molecule has 1 saturated heterocycles. The summed E-state index contributed by atoms with van der Waals surface area (Å²) >= 11 is 0. The van der Waals surface area contributed by atoms with Crippen molar-refractivity contribution in [2.45, 2.75) is 109 Å². The second-order valence-corrected chi connectivity index (χ2v) is 12.9. The van der Waals surface area contributed by atoms with Crippen LogP contribution < -0.4 is 5.32 Å². The first kappa shape index (κ1) is 25.4. The standard InChI is InChI=1S/C29H43N3O4/c1-20(2)32(26(34)35-18-21-9-7-6-8-10-21)24-16-28(24)13-14-29(15-22(29)17-30-23-11-12-23)31(19-28)25(33)36-27(3,4)5/h6-10,20,22-24,30H,11-19H2,1-5H3/t22-,24?,28?,29+/m0/s1. The fraction of sp³-hybridized carbons (Fsp3) is 0.724. The zero-order valence-electron chi connectivity index (χ0n) is 22.6. The Morgan fingerprint density at radius 2 is 1.86 bits per heavy atom. The van der Waals surface area contributed by atoms with Gasteiger partial charge >= 0.3 is 12.2 Å². The quantitative estimate of drug-likeness (QED) is 0.551. The predicted octanol–water partition coefficient (Wildman–Crippen LogP) is 5.33. The van der Waals surface area contributed by atoms with E-state index >= 15 is 0 Å². The summed E-state index contributed by atoms with van der Waals surface area (Å²) in [7, 11) is 0. The Bertz CT molecular complexity index is 972. The second-order valence-electron chi connectivity index (χ2n) is 12.9. The molecule has 7 nitrogen and oxygen atoms in total. The number of rotatable bonds is 7. The Kier molecular flexibility index (Phi) is 6.51. The van der Waals surface area contributed by atoms with Gasteiger partial charge in [-0.3, -0.25) is 0 Å². The van der Waals surface area contributed by atoms with Gasteiger partial charge in [0, 0.05) is 36.6 Å². The Labute approximate surface area is 215 Å². The molecule has 7 heteroatoms. The lowest BCUT2D eigenvalue weighted by Gasteiger charge is -2.43. The topological polar surface area (TPSA) is 71.1 Å². The molecule has 3 aliphatic carbocycles. The summed E-state index contributed by atoms with van der Waals surface area (Å²) in [5.74, 6) is 0.484. The maximum absolute atomic E-state index is 13.5. The highest BCUT2D eigenvalue weighted by Crippen LogP contribution is 2.64. The van der Waals surface area contributed by atoms with E-state index in [1.165, 1.54) is 12.8 Å². The summed E-state index contributed by atoms with van der Waals surface area (Å²) in [5.41, 5.74) is 0.276. The van der Waals surface area contributed by atoms with Crippen LogP contribution in [0.2, 0.25) is 0 Å². The molecule has 1 aliphatic heterocycles. The van der Waals surface area contributed by atoms with Crippen LogP contribution in [0.25, 0.3) is 0 Å². The molecule has 0 bridgehead atoms. The number of carbonyl (C=O) groups excluding carboxylic acids is 2. The smallest absolute Gasteiger partial charge is 0.410 e. The van der Waals surface area contributed by atoms with Crippen LogP contribution in [0, 0.1) is 11.3 Å². The van der Waals surface area contributed by atoms with Crippen molar-refractivity contribution in [3.8, 4) is 0 Å². The summed E-state index contributed by atoms with van der Waals surface area (Å²) in [6, 6.07) is 10.6. The summed E-state index contributed by atoms with van der Waals surface area (Å²) in [5, 5.41) is 3.67. The summed E-state index contributed by atoms with van der Waals surface area (Å²) in [6.45, 7) is 11.8. The maximum atomic E-state index is 13.5. The van der Waals surface area contributed by atoms with Crippen molar-refractivity contribution in [1.29, 1.82) is 0 Å². The SMILES string of the molecule is CC(C)N(C(=O)OCc1ccccc1)C1CC12CC[C@]1(C[C@H]1CNC1CC1)N(C(=O)OC(C)(C)C)C2. The van der Waals surface area contributed by atoms with Gasteiger partial charge < -0.3 is 24.6 Å². The molecule has 1 heterocycles. The highest BCUT2D eigenvalue weighted by Gasteiger charge is 2.70. The molecule has 0 radical (unpaired) electrons. The van der Waals surface area contributed by atoms with E-state index in [0.717, 1.165) is 37.8 Å². The van der Waals surface area contributed by atoms with Crippen LogP contribution in [0.15, 0.2) is 30.3 Å². The van der Waals surface area contributed by atoms with E-state index in [-0.39, 0.29) is 41.8 Å². The van der Waals surface area contributed by atoms with Crippen LogP contribution in [-0.2, 0) is 16.1 Å². The summed E-state index contributed by atoms with van der Waals surface area (Å²) < 4.78 is 11.6. The van der Waals surface area contributed by atoms with Gasteiger partial charge in [0.2, 0.25) is 0 Å². The fourth-order valence-corrected chi connectivity index (χ4v) is 6.23. The molecular weight excluding hydrogens is 454 g/mol. The number of hydrogen-bond acceptors (Lipinski definition) is 5. The molecule has 36 heavy (non-hydrogen) atoms. The monoisotopic (exact) mass is 497 g/mol. The van der Waals surface area contributed by atoms with Gasteiger partial charge in [-0.15, -0.1) is 0 Å². The molecule has 0 aromatic heterocycles. The molecule has 1 aromatic rings. The molecule has 1 N–H and O–H groups in total. The lowest BCUT2D eigenvalue weighted by molar-refractivity contribution is -0.0118. The molecule has 4 fully saturated rings. The average Bonchev–Trinajstić information content (AvgIpc) is 3.71. The van der Waals surface area contributed by atoms with E-state index in [1.54, 1.807) is 0 Å². The molecule has 198 valence electrons. The summed E-state index contributed by atoms with van der Waals surface area (Å²) in [4.78, 5) is 30.6. The van der Waals surface area contributed by atoms with Gasteiger partial charge in [-0.2, -0.15) is 0 Å². The van der Waals surface area contributed by atoms with Crippen molar-refractivity contribution in [2.24, 2.45) is 11.3 Å². The van der Waals surface area contributed by atoms with Gasteiger partial charge in [-0.25, -0.2) is 9.59 Å². The van der Waals surface area contributed by atoms with E-state index in [0.29, 0.717) is 18.5 Å². The third-order valence-corrected chi connectivity index (χ3v) is 8.56.